The van der Waals surface area contributed by atoms with Crippen LogP contribution in [0.25, 0.3) is 0 Å². The first-order valence-corrected chi connectivity index (χ1v) is 10.8. The molecular formula is C25H29N2O3+. The van der Waals surface area contributed by atoms with E-state index in [0.717, 1.165) is 6.42 Å². The monoisotopic (exact) mass is 405 g/mol. The lowest BCUT2D eigenvalue weighted by Gasteiger charge is -2.33. The Bertz CT molecular complexity index is 1010. The summed E-state index contributed by atoms with van der Waals surface area (Å²) in [6.45, 7) is 6.49. The SMILES string of the molecule is C[C@@H]1[C@@H](C)CCC[C@H]1[NH2+][C@@H](C)C(=O)Nc1ccc2c(c1)C(=O)c1ccccc1C2=O. The molecule has 0 saturated heterocycles. The fourth-order valence-corrected chi connectivity index (χ4v) is 4.79. The zero-order valence-electron chi connectivity index (χ0n) is 17.8. The van der Waals surface area contributed by atoms with E-state index in [4.69, 9.17) is 0 Å². The molecule has 2 aliphatic rings. The number of carbonyl (C=O) groups excluding carboxylic acids is 3. The van der Waals surface area contributed by atoms with Crippen molar-refractivity contribution in [2.45, 2.75) is 52.1 Å². The van der Waals surface area contributed by atoms with Crippen LogP contribution >= 0.6 is 0 Å². The van der Waals surface area contributed by atoms with Crippen molar-refractivity contribution in [1.29, 1.82) is 0 Å². The molecule has 1 amide bonds. The van der Waals surface area contributed by atoms with Crippen molar-refractivity contribution in [3.63, 3.8) is 0 Å². The van der Waals surface area contributed by atoms with Gasteiger partial charge in [-0.2, -0.15) is 0 Å². The molecule has 2 aromatic rings. The Hall–Kier alpha value is -2.79. The number of hydrogen-bond donors (Lipinski definition) is 2. The molecule has 0 aromatic heterocycles. The van der Waals surface area contributed by atoms with Gasteiger partial charge < -0.3 is 10.6 Å². The highest BCUT2D eigenvalue weighted by atomic mass is 16.2. The zero-order valence-corrected chi connectivity index (χ0v) is 17.8. The lowest BCUT2D eigenvalue weighted by molar-refractivity contribution is -0.715. The van der Waals surface area contributed by atoms with E-state index in [0.29, 0.717) is 45.8 Å². The number of amides is 1. The van der Waals surface area contributed by atoms with Crippen LogP contribution in [0.5, 0.6) is 0 Å². The molecule has 0 unspecified atom stereocenters. The number of fused-ring (bicyclic) bond motifs is 2. The zero-order chi connectivity index (χ0) is 21.4. The second-order valence-corrected chi connectivity index (χ2v) is 8.87. The fourth-order valence-electron chi connectivity index (χ4n) is 4.79. The molecule has 4 atom stereocenters. The molecule has 3 N–H and O–H groups in total. The van der Waals surface area contributed by atoms with Gasteiger partial charge >= 0.3 is 0 Å². The molecule has 0 spiro atoms. The first kappa shape index (κ1) is 20.5. The summed E-state index contributed by atoms with van der Waals surface area (Å²) in [6, 6.07) is 12.1. The smallest absolute Gasteiger partial charge is 0.282 e. The Morgan fingerprint density at radius 2 is 1.60 bits per heavy atom. The molecule has 0 bridgehead atoms. The van der Waals surface area contributed by atoms with Gasteiger partial charge in [0.15, 0.2) is 17.6 Å². The number of anilines is 1. The third-order valence-electron chi connectivity index (χ3n) is 6.91. The maximum atomic E-state index is 12.9. The summed E-state index contributed by atoms with van der Waals surface area (Å²) < 4.78 is 0. The number of benzene rings is 2. The quantitative estimate of drug-likeness (QED) is 0.700. The normalized spacial score (nSPS) is 24.0. The van der Waals surface area contributed by atoms with E-state index in [1.165, 1.54) is 12.8 Å². The van der Waals surface area contributed by atoms with Crippen LogP contribution in [-0.4, -0.2) is 29.6 Å². The minimum atomic E-state index is -0.225. The maximum absolute atomic E-state index is 12.9. The standard InChI is InChI=1S/C25H28N2O3/c1-14-7-6-10-22(15(14)2)26-16(3)25(30)27-17-11-12-20-21(13-17)24(29)19-9-5-4-8-18(19)23(20)28/h4-5,8-9,11-16,22,26H,6-7,10H2,1-3H3,(H,27,30)/p+1/t14-,15+,16-,22+/m0/s1. The number of ketones is 2. The fraction of sp³-hybridized carbons (Fsp3) is 0.400. The lowest BCUT2D eigenvalue weighted by atomic mass is 9.78. The summed E-state index contributed by atoms with van der Waals surface area (Å²) in [5.74, 6) is 0.847. The Balaban J connectivity index is 1.49. The molecule has 4 rings (SSSR count). The van der Waals surface area contributed by atoms with Crippen molar-refractivity contribution in [3.05, 3.63) is 64.7 Å². The van der Waals surface area contributed by atoms with Crippen LogP contribution in [0.1, 0.15) is 71.9 Å². The van der Waals surface area contributed by atoms with E-state index in [2.05, 4.69) is 24.5 Å². The van der Waals surface area contributed by atoms with E-state index in [-0.39, 0.29) is 23.5 Å². The molecule has 156 valence electrons. The van der Waals surface area contributed by atoms with E-state index < -0.39 is 0 Å². The van der Waals surface area contributed by atoms with Gasteiger partial charge in [-0.15, -0.1) is 0 Å². The van der Waals surface area contributed by atoms with Crippen LogP contribution in [-0.2, 0) is 4.79 Å². The molecule has 0 heterocycles. The predicted octanol–water partition coefficient (Wildman–Crippen LogP) is 3.18. The third-order valence-corrected chi connectivity index (χ3v) is 6.91. The van der Waals surface area contributed by atoms with Crippen LogP contribution in [0, 0.1) is 11.8 Å². The summed E-state index contributed by atoms with van der Waals surface area (Å²) >= 11 is 0. The number of quaternary nitrogens is 1. The molecule has 5 heteroatoms. The van der Waals surface area contributed by atoms with Gasteiger partial charge in [-0.3, -0.25) is 14.4 Å². The number of nitrogens with one attached hydrogen (secondary N) is 1. The predicted molar refractivity (Wildman–Crippen MR) is 116 cm³/mol. The van der Waals surface area contributed by atoms with Crippen molar-refractivity contribution in [1.82, 2.24) is 0 Å². The molecule has 30 heavy (non-hydrogen) atoms. The Morgan fingerprint density at radius 1 is 0.967 bits per heavy atom. The molecule has 0 aliphatic heterocycles. The van der Waals surface area contributed by atoms with Crippen molar-refractivity contribution in [2.75, 3.05) is 5.32 Å². The summed E-state index contributed by atoms with van der Waals surface area (Å²) in [7, 11) is 0. The number of carbonyl (C=O) groups is 3. The number of rotatable bonds is 4. The molecule has 5 nitrogen and oxygen atoms in total. The first-order valence-electron chi connectivity index (χ1n) is 10.8. The summed E-state index contributed by atoms with van der Waals surface area (Å²) in [5.41, 5.74) is 2.14. The lowest BCUT2D eigenvalue weighted by Crippen LogP contribution is -2.97. The summed E-state index contributed by atoms with van der Waals surface area (Å²) in [6.07, 6.45) is 3.61. The molecular weight excluding hydrogens is 376 g/mol. The average molecular weight is 406 g/mol. The molecule has 0 radical (unpaired) electrons. The van der Waals surface area contributed by atoms with E-state index in [9.17, 15) is 14.4 Å². The first-order chi connectivity index (χ1) is 14.4. The van der Waals surface area contributed by atoms with Crippen LogP contribution < -0.4 is 10.6 Å². The second-order valence-electron chi connectivity index (χ2n) is 8.87. The van der Waals surface area contributed by atoms with Crippen molar-refractivity contribution >= 4 is 23.2 Å². The van der Waals surface area contributed by atoms with Crippen LogP contribution in [0.3, 0.4) is 0 Å². The van der Waals surface area contributed by atoms with Gasteiger partial charge in [0.1, 0.15) is 0 Å². The highest BCUT2D eigenvalue weighted by molar-refractivity contribution is 6.28. The van der Waals surface area contributed by atoms with Gasteiger partial charge in [-0.05, 0) is 50.3 Å². The van der Waals surface area contributed by atoms with Crippen LogP contribution in [0.15, 0.2) is 42.5 Å². The minimum Gasteiger partial charge on any atom is -0.334 e. The van der Waals surface area contributed by atoms with Gasteiger partial charge in [0.25, 0.3) is 5.91 Å². The molecule has 2 aromatic carbocycles. The topological polar surface area (TPSA) is 79.8 Å². The summed E-state index contributed by atoms with van der Waals surface area (Å²) in [4.78, 5) is 38.4. The van der Waals surface area contributed by atoms with Crippen LogP contribution in [0.4, 0.5) is 5.69 Å². The Morgan fingerprint density at radius 3 is 2.30 bits per heavy atom. The largest absolute Gasteiger partial charge is 0.334 e. The Labute approximate surface area is 177 Å². The van der Waals surface area contributed by atoms with Gasteiger partial charge in [0.05, 0.1) is 6.04 Å². The third kappa shape index (κ3) is 3.70. The highest BCUT2D eigenvalue weighted by Gasteiger charge is 2.33. The van der Waals surface area contributed by atoms with Crippen molar-refractivity contribution in [3.8, 4) is 0 Å². The van der Waals surface area contributed by atoms with E-state index in [1.807, 2.05) is 6.92 Å². The van der Waals surface area contributed by atoms with Gasteiger partial charge in [-0.25, -0.2) is 0 Å². The van der Waals surface area contributed by atoms with Gasteiger partial charge in [0.2, 0.25) is 0 Å². The number of nitrogens with two attached hydrogens (primary N) is 1. The van der Waals surface area contributed by atoms with E-state index >= 15 is 0 Å². The van der Waals surface area contributed by atoms with Crippen molar-refractivity contribution < 1.29 is 19.7 Å². The highest BCUT2D eigenvalue weighted by Crippen LogP contribution is 2.29. The average Bonchev–Trinajstić information content (AvgIpc) is 2.75. The number of hydrogen-bond acceptors (Lipinski definition) is 3. The molecule has 2 aliphatic carbocycles. The summed E-state index contributed by atoms with van der Waals surface area (Å²) in [5, 5.41) is 5.11. The van der Waals surface area contributed by atoms with Crippen LogP contribution in [0.2, 0.25) is 0 Å². The molecule has 1 saturated carbocycles. The second kappa shape index (κ2) is 8.15. The van der Waals surface area contributed by atoms with Gasteiger partial charge in [-0.1, -0.05) is 38.1 Å². The minimum absolute atomic E-state index is 0.0876. The maximum Gasteiger partial charge on any atom is 0.282 e. The van der Waals surface area contributed by atoms with Crippen molar-refractivity contribution in [2.24, 2.45) is 11.8 Å². The Kier molecular flexibility index (Phi) is 5.56. The van der Waals surface area contributed by atoms with Gasteiger partial charge in [0, 0.05) is 33.9 Å². The van der Waals surface area contributed by atoms with E-state index in [1.54, 1.807) is 42.5 Å². The molecule has 1 fully saturated rings.